The predicted molar refractivity (Wildman–Crippen MR) is 80.9 cm³/mol. The van der Waals surface area contributed by atoms with E-state index in [4.69, 9.17) is 16.3 Å². The summed E-state index contributed by atoms with van der Waals surface area (Å²) in [5, 5.41) is 0.708. The number of halogens is 2. The Hall–Kier alpha value is -1.25. The lowest BCUT2D eigenvalue weighted by Gasteiger charge is -2.02. The number of rotatable bonds is 3. The lowest BCUT2D eigenvalue weighted by Crippen LogP contribution is -1.83. The van der Waals surface area contributed by atoms with Crippen LogP contribution in [0.15, 0.2) is 53.0 Å². The molecule has 0 fully saturated rings. The zero-order valence-corrected chi connectivity index (χ0v) is 12.2. The predicted octanol–water partition coefficient (Wildman–Crippen LogP) is 5.19. The number of hydrogen-bond donors (Lipinski definition) is 0. The minimum atomic E-state index is 0.708. The van der Waals surface area contributed by atoms with Crippen molar-refractivity contribution in [2.45, 2.75) is 0 Å². The van der Waals surface area contributed by atoms with Gasteiger partial charge in [0.05, 0.1) is 7.11 Å². The van der Waals surface area contributed by atoms with Crippen LogP contribution in [-0.2, 0) is 0 Å². The largest absolute Gasteiger partial charge is 0.497 e. The van der Waals surface area contributed by atoms with E-state index in [0.717, 1.165) is 21.3 Å². The monoisotopic (exact) mass is 322 g/mol. The molecule has 3 heteroatoms. The standard InChI is InChI=1S/C15H12BrClO/c1-18-14-8-4-12(5-9-14)15(17)10-11-2-6-13(16)7-3-11/h2-10H,1H3/b15-10-. The quantitative estimate of drug-likeness (QED) is 0.706. The minimum absolute atomic E-state index is 0.708. The highest BCUT2D eigenvalue weighted by Crippen LogP contribution is 2.24. The molecule has 0 unspecified atom stereocenters. The van der Waals surface area contributed by atoms with E-state index in [1.54, 1.807) is 7.11 Å². The maximum absolute atomic E-state index is 6.28. The van der Waals surface area contributed by atoms with Crippen LogP contribution < -0.4 is 4.74 Å². The van der Waals surface area contributed by atoms with E-state index in [2.05, 4.69) is 15.9 Å². The zero-order valence-electron chi connectivity index (χ0n) is 9.86. The average Bonchev–Trinajstić information content (AvgIpc) is 2.41. The molecule has 0 aromatic heterocycles. The van der Waals surface area contributed by atoms with Crippen molar-refractivity contribution >= 4 is 38.6 Å². The van der Waals surface area contributed by atoms with Gasteiger partial charge in [0.25, 0.3) is 0 Å². The Morgan fingerprint density at radius 2 is 1.67 bits per heavy atom. The van der Waals surface area contributed by atoms with Gasteiger partial charge in [0, 0.05) is 9.51 Å². The Morgan fingerprint density at radius 3 is 2.22 bits per heavy atom. The second kappa shape index (κ2) is 6.07. The lowest BCUT2D eigenvalue weighted by molar-refractivity contribution is 0.415. The molecule has 1 nitrogen and oxygen atoms in total. The van der Waals surface area contributed by atoms with E-state index in [1.165, 1.54) is 0 Å². The van der Waals surface area contributed by atoms with Crippen molar-refractivity contribution in [2.75, 3.05) is 7.11 Å². The molecule has 0 aliphatic heterocycles. The van der Waals surface area contributed by atoms with Crippen molar-refractivity contribution in [3.63, 3.8) is 0 Å². The molecule has 2 rings (SSSR count). The fourth-order valence-corrected chi connectivity index (χ4v) is 2.06. The summed E-state index contributed by atoms with van der Waals surface area (Å²) in [6.45, 7) is 0. The molecule has 0 radical (unpaired) electrons. The van der Waals surface area contributed by atoms with Gasteiger partial charge in [-0.2, -0.15) is 0 Å². The first-order chi connectivity index (χ1) is 8.69. The van der Waals surface area contributed by atoms with Crippen molar-refractivity contribution < 1.29 is 4.74 Å². The Kier molecular flexibility index (Phi) is 4.45. The summed E-state index contributed by atoms with van der Waals surface area (Å²) in [6, 6.07) is 15.7. The Labute approximate surface area is 120 Å². The van der Waals surface area contributed by atoms with E-state index >= 15 is 0 Å². The van der Waals surface area contributed by atoms with Crippen LogP contribution in [0.25, 0.3) is 11.1 Å². The van der Waals surface area contributed by atoms with Crippen LogP contribution in [0.5, 0.6) is 5.75 Å². The number of benzene rings is 2. The fraction of sp³-hybridized carbons (Fsp3) is 0.0667. The second-order valence-electron chi connectivity index (χ2n) is 3.77. The van der Waals surface area contributed by atoms with E-state index < -0.39 is 0 Å². The van der Waals surface area contributed by atoms with E-state index in [9.17, 15) is 0 Å². The highest BCUT2D eigenvalue weighted by atomic mass is 79.9. The summed E-state index contributed by atoms with van der Waals surface area (Å²) in [5.41, 5.74) is 2.04. The molecule has 2 aromatic carbocycles. The van der Waals surface area contributed by atoms with E-state index in [-0.39, 0.29) is 0 Å². The summed E-state index contributed by atoms with van der Waals surface area (Å²) in [7, 11) is 1.65. The lowest BCUT2D eigenvalue weighted by atomic mass is 10.1. The summed E-state index contributed by atoms with van der Waals surface area (Å²) in [6.07, 6.45) is 1.94. The molecule has 0 amide bonds. The van der Waals surface area contributed by atoms with Crippen LogP contribution in [0.1, 0.15) is 11.1 Å². The highest BCUT2D eigenvalue weighted by Gasteiger charge is 1.99. The van der Waals surface area contributed by atoms with Crippen LogP contribution >= 0.6 is 27.5 Å². The van der Waals surface area contributed by atoms with Crippen molar-refractivity contribution in [1.82, 2.24) is 0 Å². The van der Waals surface area contributed by atoms with Crippen LogP contribution in [0.3, 0.4) is 0 Å². The first kappa shape index (κ1) is 13.2. The molecular weight excluding hydrogens is 312 g/mol. The third-order valence-electron chi connectivity index (χ3n) is 2.53. The first-order valence-corrected chi connectivity index (χ1v) is 6.63. The fourth-order valence-electron chi connectivity index (χ4n) is 1.54. The Balaban J connectivity index is 2.23. The van der Waals surface area contributed by atoms with Crippen molar-refractivity contribution in [3.05, 3.63) is 64.1 Å². The van der Waals surface area contributed by atoms with Crippen molar-refractivity contribution in [1.29, 1.82) is 0 Å². The molecule has 0 saturated carbocycles. The molecule has 0 aliphatic rings. The number of methoxy groups -OCH3 is 1. The molecular formula is C15H12BrClO. The van der Waals surface area contributed by atoms with Crippen LogP contribution in [0.4, 0.5) is 0 Å². The molecule has 0 N–H and O–H groups in total. The van der Waals surface area contributed by atoms with E-state index in [0.29, 0.717) is 5.03 Å². The second-order valence-corrected chi connectivity index (χ2v) is 5.10. The Bertz CT molecular complexity index is 544. The van der Waals surface area contributed by atoms with Crippen LogP contribution in [0, 0.1) is 0 Å². The maximum atomic E-state index is 6.28. The van der Waals surface area contributed by atoms with Gasteiger partial charge in [0.15, 0.2) is 0 Å². The van der Waals surface area contributed by atoms with Crippen LogP contribution in [-0.4, -0.2) is 7.11 Å². The van der Waals surface area contributed by atoms with Gasteiger partial charge in [-0.05, 0) is 53.6 Å². The highest BCUT2D eigenvalue weighted by molar-refractivity contribution is 9.10. The molecule has 2 aromatic rings. The van der Waals surface area contributed by atoms with E-state index in [1.807, 2.05) is 54.6 Å². The van der Waals surface area contributed by atoms with Crippen LogP contribution in [0.2, 0.25) is 0 Å². The topological polar surface area (TPSA) is 9.23 Å². The van der Waals surface area contributed by atoms with Gasteiger partial charge in [-0.1, -0.05) is 39.7 Å². The van der Waals surface area contributed by atoms with Gasteiger partial charge in [-0.15, -0.1) is 0 Å². The molecule has 0 atom stereocenters. The smallest absolute Gasteiger partial charge is 0.118 e. The summed E-state index contributed by atoms with van der Waals surface area (Å²) in [5.74, 6) is 0.826. The average molecular weight is 324 g/mol. The van der Waals surface area contributed by atoms with Gasteiger partial charge in [0.1, 0.15) is 5.75 Å². The van der Waals surface area contributed by atoms with Gasteiger partial charge in [0.2, 0.25) is 0 Å². The third kappa shape index (κ3) is 3.37. The first-order valence-electron chi connectivity index (χ1n) is 5.46. The summed E-state index contributed by atoms with van der Waals surface area (Å²) in [4.78, 5) is 0. The van der Waals surface area contributed by atoms with Gasteiger partial charge >= 0.3 is 0 Å². The zero-order chi connectivity index (χ0) is 13.0. The molecule has 0 aliphatic carbocycles. The maximum Gasteiger partial charge on any atom is 0.118 e. The molecule has 92 valence electrons. The number of ether oxygens (including phenoxy) is 1. The summed E-state index contributed by atoms with van der Waals surface area (Å²) >= 11 is 9.69. The molecule has 18 heavy (non-hydrogen) atoms. The van der Waals surface area contributed by atoms with Gasteiger partial charge < -0.3 is 4.74 Å². The molecule has 0 spiro atoms. The summed E-state index contributed by atoms with van der Waals surface area (Å²) < 4.78 is 6.17. The van der Waals surface area contributed by atoms with Gasteiger partial charge in [-0.25, -0.2) is 0 Å². The molecule has 0 saturated heterocycles. The normalized spacial score (nSPS) is 11.4. The third-order valence-corrected chi connectivity index (χ3v) is 3.39. The Morgan fingerprint density at radius 1 is 1.06 bits per heavy atom. The molecule has 0 heterocycles. The number of hydrogen-bond acceptors (Lipinski definition) is 1. The minimum Gasteiger partial charge on any atom is -0.497 e. The van der Waals surface area contributed by atoms with Gasteiger partial charge in [-0.3, -0.25) is 0 Å². The molecule has 0 bridgehead atoms. The SMILES string of the molecule is COc1ccc(/C(Cl)=C/c2ccc(Br)cc2)cc1. The van der Waals surface area contributed by atoms with Crippen molar-refractivity contribution in [2.24, 2.45) is 0 Å². The van der Waals surface area contributed by atoms with Crippen molar-refractivity contribution in [3.8, 4) is 5.75 Å².